The Labute approximate surface area is 83.8 Å². The molecule has 5 nitrogen and oxygen atoms in total. The zero-order chi connectivity index (χ0) is 11.0. The van der Waals surface area contributed by atoms with Gasteiger partial charge in [0, 0.05) is 0 Å². The van der Waals surface area contributed by atoms with Crippen LogP contribution in [-0.4, -0.2) is 38.2 Å². The monoisotopic (exact) mass is 203 g/mol. The van der Waals surface area contributed by atoms with E-state index in [2.05, 4.69) is 5.32 Å². The maximum absolute atomic E-state index is 11.2. The second kappa shape index (κ2) is 7.32. The van der Waals surface area contributed by atoms with Gasteiger partial charge in [0.25, 0.3) is 0 Å². The zero-order valence-electron chi connectivity index (χ0n) is 8.83. The molecule has 0 aliphatic rings. The quantitative estimate of drug-likeness (QED) is 0.620. The van der Waals surface area contributed by atoms with Gasteiger partial charge in [-0.3, -0.25) is 9.59 Å². The van der Waals surface area contributed by atoms with Crippen molar-refractivity contribution in [3.05, 3.63) is 0 Å². The molecular formula is C9H17NO4. The van der Waals surface area contributed by atoms with Crippen molar-refractivity contribution < 1.29 is 19.1 Å². The maximum atomic E-state index is 11.2. The first-order chi connectivity index (χ1) is 6.65. The Balaban J connectivity index is 4.01. The van der Waals surface area contributed by atoms with E-state index in [1.807, 2.05) is 0 Å². The number of hydrogen-bond donors (Lipinski definition) is 1. The summed E-state index contributed by atoms with van der Waals surface area (Å²) in [4.78, 5) is 22.3. The first-order valence-corrected chi connectivity index (χ1v) is 4.65. The highest BCUT2D eigenvalue weighted by atomic mass is 16.5. The molecule has 0 unspecified atom stereocenters. The van der Waals surface area contributed by atoms with Crippen LogP contribution in [0.1, 0.15) is 20.3 Å². The highest BCUT2D eigenvalue weighted by Gasteiger charge is 2.21. The van der Waals surface area contributed by atoms with Gasteiger partial charge in [-0.05, 0) is 20.9 Å². The minimum atomic E-state index is -0.617. The van der Waals surface area contributed by atoms with E-state index in [1.54, 1.807) is 20.9 Å². The van der Waals surface area contributed by atoms with Crippen molar-refractivity contribution in [2.75, 3.05) is 20.3 Å². The first-order valence-electron chi connectivity index (χ1n) is 4.65. The standard InChI is InChI=1S/C9H17NO4/c1-4-13-8(11)6-7(10-3)9(12)14-5-2/h7,10H,4-6H2,1-3H3/t7-/m0/s1. The highest BCUT2D eigenvalue weighted by molar-refractivity contribution is 5.82. The number of hydrogen-bond acceptors (Lipinski definition) is 5. The van der Waals surface area contributed by atoms with Crippen LogP contribution in [0.4, 0.5) is 0 Å². The van der Waals surface area contributed by atoms with E-state index in [4.69, 9.17) is 9.47 Å². The molecule has 0 aromatic rings. The zero-order valence-corrected chi connectivity index (χ0v) is 8.83. The third-order valence-corrected chi connectivity index (χ3v) is 1.60. The van der Waals surface area contributed by atoms with E-state index in [-0.39, 0.29) is 6.42 Å². The van der Waals surface area contributed by atoms with E-state index in [0.717, 1.165) is 0 Å². The number of rotatable bonds is 6. The molecule has 0 bridgehead atoms. The van der Waals surface area contributed by atoms with Crippen LogP contribution in [0.5, 0.6) is 0 Å². The predicted molar refractivity (Wildman–Crippen MR) is 50.7 cm³/mol. The second-order valence-corrected chi connectivity index (χ2v) is 2.60. The molecule has 82 valence electrons. The van der Waals surface area contributed by atoms with Gasteiger partial charge in [-0.1, -0.05) is 0 Å². The third kappa shape index (κ3) is 4.81. The summed E-state index contributed by atoms with van der Waals surface area (Å²) < 4.78 is 9.48. The second-order valence-electron chi connectivity index (χ2n) is 2.60. The topological polar surface area (TPSA) is 64.6 Å². The summed E-state index contributed by atoms with van der Waals surface area (Å²) in [7, 11) is 1.60. The molecule has 0 amide bonds. The Morgan fingerprint density at radius 1 is 1.21 bits per heavy atom. The van der Waals surface area contributed by atoms with Gasteiger partial charge in [0.1, 0.15) is 6.04 Å². The summed E-state index contributed by atoms with van der Waals surface area (Å²) in [6.07, 6.45) is 0.00315. The van der Waals surface area contributed by atoms with Crippen LogP contribution < -0.4 is 5.32 Å². The predicted octanol–water partition coefficient (Wildman–Crippen LogP) is 0.0907. The average Bonchev–Trinajstić information content (AvgIpc) is 2.15. The molecule has 0 rings (SSSR count). The molecule has 0 aliphatic carbocycles. The Kier molecular flexibility index (Phi) is 6.74. The molecule has 0 saturated carbocycles. The van der Waals surface area contributed by atoms with Gasteiger partial charge in [-0.25, -0.2) is 0 Å². The number of likely N-dealkylation sites (N-methyl/N-ethyl adjacent to an activating group) is 1. The van der Waals surface area contributed by atoms with E-state index in [9.17, 15) is 9.59 Å². The molecule has 5 heteroatoms. The molecule has 0 radical (unpaired) electrons. The SMILES string of the molecule is CCOC(=O)C[C@H](NC)C(=O)OCC. The van der Waals surface area contributed by atoms with Crippen LogP contribution in [0.15, 0.2) is 0 Å². The third-order valence-electron chi connectivity index (χ3n) is 1.60. The van der Waals surface area contributed by atoms with Crippen molar-refractivity contribution in [2.24, 2.45) is 0 Å². The number of carbonyl (C=O) groups is 2. The molecule has 0 spiro atoms. The van der Waals surface area contributed by atoms with Gasteiger partial charge in [0.05, 0.1) is 19.6 Å². The minimum Gasteiger partial charge on any atom is -0.466 e. The fourth-order valence-corrected chi connectivity index (χ4v) is 0.933. The van der Waals surface area contributed by atoms with Gasteiger partial charge in [-0.15, -0.1) is 0 Å². The number of nitrogens with one attached hydrogen (secondary N) is 1. The number of ether oxygens (including phenoxy) is 2. The summed E-state index contributed by atoms with van der Waals surface area (Å²) in [5.41, 5.74) is 0. The molecule has 14 heavy (non-hydrogen) atoms. The lowest BCUT2D eigenvalue weighted by molar-refractivity contribution is -0.152. The van der Waals surface area contributed by atoms with Crippen molar-refractivity contribution >= 4 is 11.9 Å². The number of esters is 2. The van der Waals surface area contributed by atoms with Gasteiger partial charge in [-0.2, -0.15) is 0 Å². The largest absolute Gasteiger partial charge is 0.466 e. The van der Waals surface area contributed by atoms with Crippen LogP contribution in [0.3, 0.4) is 0 Å². The van der Waals surface area contributed by atoms with Crippen molar-refractivity contribution in [2.45, 2.75) is 26.3 Å². The fraction of sp³-hybridized carbons (Fsp3) is 0.778. The Bertz CT molecular complexity index is 193. The lowest BCUT2D eigenvalue weighted by Gasteiger charge is -2.13. The van der Waals surface area contributed by atoms with Gasteiger partial charge >= 0.3 is 11.9 Å². The molecule has 0 heterocycles. The fourth-order valence-electron chi connectivity index (χ4n) is 0.933. The van der Waals surface area contributed by atoms with Crippen LogP contribution in [0.2, 0.25) is 0 Å². The van der Waals surface area contributed by atoms with Crippen LogP contribution in [-0.2, 0) is 19.1 Å². The molecule has 1 N–H and O–H groups in total. The van der Waals surface area contributed by atoms with Crippen LogP contribution >= 0.6 is 0 Å². The molecular weight excluding hydrogens is 186 g/mol. The Morgan fingerprint density at radius 2 is 1.79 bits per heavy atom. The Morgan fingerprint density at radius 3 is 2.21 bits per heavy atom. The van der Waals surface area contributed by atoms with E-state index >= 15 is 0 Å². The first kappa shape index (κ1) is 12.9. The van der Waals surface area contributed by atoms with Gasteiger partial charge in [0.15, 0.2) is 0 Å². The van der Waals surface area contributed by atoms with Crippen LogP contribution in [0, 0.1) is 0 Å². The maximum Gasteiger partial charge on any atom is 0.323 e. The molecule has 0 saturated heterocycles. The molecule has 1 atom stereocenters. The normalized spacial score (nSPS) is 11.9. The highest BCUT2D eigenvalue weighted by Crippen LogP contribution is 1.97. The average molecular weight is 203 g/mol. The summed E-state index contributed by atoms with van der Waals surface area (Å²) >= 11 is 0. The van der Waals surface area contributed by atoms with E-state index in [1.165, 1.54) is 0 Å². The van der Waals surface area contributed by atoms with E-state index < -0.39 is 18.0 Å². The summed E-state index contributed by atoms with van der Waals surface area (Å²) in [5.74, 6) is -0.831. The van der Waals surface area contributed by atoms with Gasteiger partial charge < -0.3 is 14.8 Å². The van der Waals surface area contributed by atoms with E-state index in [0.29, 0.717) is 13.2 Å². The summed E-state index contributed by atoms with van der Waals surface area (Å²) in [5, 5.41) is 2.70. The number of carbonyl (C=O) groups excluding carboxylic acids is 2. The molecule has 0 aromatic heterocycles. The summed E-state index contributed by atoms with van der Waals surface area (Å²) in [6, 6.07) is -0.617. The van der Waals surface area contributed by atoms with Crippen molar-refractivity contribution in [3.8, 4) is 0 Å². The minimum absolute atomic E-state index is 0.00315. The molecule has 0 aliphatic heterocycles. The lowest BCUT2D eigenvalue weighted by atomic mass is 10.2. The van der Waals surface area contributed by atoms with Crippen molar-refractivity contribution in [1.82, 2.24) is 5.32 Å². The van der Waals surface area contributed by atoms with Gasteiger partial charge in [0.2, 0.25) is 0 Å². The van der Waals surface area contributed by atoms with Crippen molar-refractivity contribution in [1.29, 1.82) is 0 Å². The van der Waals surface area contributed by atoms with Crippen LogP contribution in [0.25, 0.3) is 0 Å². The summed E-state index contributed by atoms with van der Waals surface area (Å²) in [6.45, 7) is 4.06. The molecule has 0 aromatic carbocycles. The smallest absolute Gasteiger partial charge is 0.323 e. The Hall–Kier alpha value is -1.10. The van der Waals surface area contributed by atoms with Crippen molar-refractivity contribution in [3.63, 3.8) is 0 Å². The molecule has 0 fully saturated rings. The lowest BCUT2D eigenvalue weighted by Crippen LogP contribution is -2.37.